The third kappa shape index (κ3) is 3.45. The molecular formula is C13H15N3O4. The molecule has 0 aliphatic heterocycles. The Labute approximate surface area is 116 Å². The minimum absolute atomic E-state index is 0.0271. The SMILES string of the molecule is COC(=O)CN(c1ccc([N+](=O)[O-])cc1C#N)C(C)C. The van der Waals surface area contributed by atoms with E-state index >= 15 is 0 Å². The van der Waals surface area contributed by atoms with Gasteiger partial charge in [-0.25, -0.2) is 0 Å². The largest absolute Gasteiger partial charge is 0.468 e. The molecule has 0 saturated heterocycles. The lowest BCUT2D eigenvalue weighted by Crippen LogP contribution is -2.36. The first-order valence-electron chi connectivity index (χ1n) is 5.92. The molecule has 0 amide bonds. The van der Waals surface area contributed by atoms with Crippen LogP contribution in [0.15, 0.2) is 18.2 Å². The van der Waals surface area contributed by atoms with Gasteiger partial charge in [0.2, 0.25) is 0 Å². The molecule has 1 aromatic rings. The van der Waals surface area contributed by atoms with Crippen LogP contribution in [-0.4, -0.2) is 30.6 Å². The lowest BCUT2D eigenvalue weighted by molar-refractivity contribution is -0.384. The molecule has 0 saturated carbocycles. The molecule has 7 nitrogen and oxygen atoms in total. The van der Waals surface area contributed by atoms with Crippen molar-refractivity contribution in [1.82, 2.24) is 0 Å². The van der Waals surface area contributed by atoms with Gasteiger partial charge in [0.25, 0.3) is 5.69 Å². The van der Waals surface area contributed by atoms with Crippen molar-refractivity contribution in [2.45, 2.75) is 19.9 Å². The maximum absolute atomic E-state index is 11.4. The lowest BCUT2D eigenvalue weighted by atomic mass is 10.1. The fraction of sp³-hybridized carbons (Fsp3) is 0.385. The Kier molecular flexibility index (Phi) is 5.03. The third-order valence-corrected chi connectivity index (χ3v) is 2.77. The average Bonchev–Trinajstić information content (AvgIpc) is 2.43. The van der Waals surface area contributed by atoms with Gasteiger partial charge in [-0.15, -0.1) is 0 Å². The van der Waals surface area contributed by atoms with Crippen LogP contribution < -0.4 is 4.90 Å². The van der Waals surface area contributed by atoms with Gasteiger partial charge in [0.1, 0.15) is 12.6 Å². The van der Waals surface area contributed by atoms with Gasteiger partial charge in [-0.1, -0.05) is 0 Å². The average molecular weight is 277 g/mol. The Morgan fingerprint density at radius 1 is 1.55 bits per heavy atom. The Morgan fingerprint density at radius 3 is 2.65 bits per heavy atom. The van der Waals surface area contributed by atoms with Crippen molar-refractivity contribution in [2.24, 2.45) is 0 Å². The van der Waals surface area contributed by atoms with E-state index in [2.05, 4.69) is 4.74 Å². The van der Waals surface area contributed by atoms with Crippen LogP contribution in [0.4, 0.5) is 11.4 Å². The molecule has 0 N–H and O–H groups in total. The zero-order chi connectivity index (χ0) is 15.3. The zero-order valence-corrected chi connectivity index (χ0v) is 11.5. The Hall–Kier alpha value is -2.62. The number of nitrogens with zero attached hydrogens (tertiary/aromatic N) is 3. The van der Waals surface area contributed by atoms with Crippen LogP contribution in [0.1, 0.15) is 19.4 Å². The summed E-state index contributed by atoms with van der Waals surface area (Å²) in [5.74, 6) is -0.444. The highest BCUT2D eigenvalue weighted by atomic mass is 16.6. The van der Waals surface area contributed by atoms with Crippen molar-refractivity contribution in [3.05, 3.63) is 33.9 Å². The second kappa shape index (κ2) is 6.52. The molecule has 106 valence electrons. The third-order valence-electron chi connectivity index (χ3n) is 2.77. The number of ether oxygens (including phenoxy) is 1. The van der Waals surface area contributed by atoms with Crippen molar-refractivity contribution < 1.29 is 14.5 Å². The van der Waals surface area contributed by atoms with E-state index in [1.807, 2.05) is 19.9 Å². The second-order valence-electron chi connectivity index (χ2n) is 4.37. The number of benzene rings is 1. The summed E-state index contributed by atoms with van der Waals surface area (Å²) in [6.45, 7) is 3.68. The minimum Gasteiger partial charge on any atom is -0.468 e. The van der Waals surface area contributed by atoms with Gasteiger partial charge in [-0.2, -0.15) is 5.26 Å². The highest BCUT2D eigenvalue weighted by Gasteiger charge is 2.20. The van der Waals surface area contributed by atoms with Gasteiger partial charge in [0, 0.05) is 18.2 Å². The van der Waals surface area contributed by atoms with E-state index in [9.17, 15) is 14.9 Å². The molecule has 20 heavy (non-hydrogen) atoms. The van der Waals surface area contributed by atoms with Crippen LogP contribution in [0.25, 0.3) is 0 Å². The number of rotatable bonds is 5. The molecule has 0 aliphatic rings. The van der Waals surface area contributed by atoms with Gasteiger partial charge in [0.15, 0.2) is 0 Å². The molecule has 0 radical (unpaired) electrons. The van der Waals surface area contributed by atoms with Crippen LogP contribution in [0.5, 0.6) is 0 Å². The number of nitro groups is 1. The summed E-state index contributed by atoms with van der Waals surface area (Å²) in [5, 5.41) is 19.8. The number of esters is 1. The molecule has 0 aliphatic carbocycles. The van der Waals surface area contributed by atoms with Crippen LogP contribution in [-0.2, 0) is 9.53 Å². The normalized spacial score (nSPS) is 9.95. The van der Waals surface area contributed by atoms with Crippen LogP contribution >= 0.6 is 0 Å². The maximum Gasteiger partial charge on any atom is 0.325 e. The first-order chi connectivity index (χ1) is 9.40. The molecule has 1 rings (SSSR count). The van der Waals surface area contributed by atoms with Gasteiger partial charge < -0.3 is 9.64 Å². The Morgan fingerprint density at radius 2 is 2.20 bits per heavy atom. The summed E-state index contributed by atoms with van der Waals surface area (Å²) >= 11 is 0. The van der Waals surface area contributed by atoms with Crippen molar-refractivity contribution in [1.29, 1.82) is 5.26 Å². The maximum atomic E-state index is 11.4. The van der Waals surface area contributed by atoms with Crippen LogP contribution in [0.2, 0.25) is 0 Å². The molecule has 0 atom stereocenters. The zero-order valence-electron chi connectivity index (χ0n) is 11.5. The number of carbonyl (C=O) groups is 1. The van der Waals surface area contributed by atoms with E-state index in [1.54, 1.807) is 4.90 Å². The van der Waals surface area contributed by atoms with E-state index in [0.29, 0.717) is 5.69 Å². The first-order valence-corrected chi connectivity index (χ1v) is 5.92. The highest BCUT2D eigenvalue weighted by molar-refractivity contribution is 5.77. The molecule has 1 aromatic carbocycles. The van der Waals surface area contributed by atoms with E-state index < -0.39 is 10.9 Å². The number of carbonyl (C=O) groups excluding carboxylic acids is 1. The molecule has 0 aromatic heterocycles. The fourth-order valence-electron chi connectivity index (χ4n) is 1.73. The standard InChI is InChI=1S/C13H15N3O4/c1-9(2)15(8-13(17)20-3)12-5-4-11(16(18)19)6-10(12)7-14/h4-6,9H,8H2,1-3H3. The lowest BCUT2D eigenvalue weighted by Gasteiger charge is -2.28. The number of nitro benzene ring substituents is 1. The van der Waals surface area contributed by atoms with E-state index in [0.717, 1.165) is 0 Å². The van der Waals surface area contributed by atoms with Gasteiger partial charge in [0.05, 0.1) is 23.3 Å². The molecule has 0 unspecified atom stereocenters. The van der Waals surface area contributed by atoms with Gasteiger partial charge >= 0.3 is 5.97 Å². The molecule has 0 heterocycles. The van der Waals surface area contributed by atoms with Crippen molar-refractivity contribution >= 4 is 17.3 Å². The topological polar surface area (TPSA) is 96.5 Å². The first kappa shape index (κ1) is 15.4. The van der Waals surface area contributed by atoms with Crippen LogP contribution in [0.3, 0.4) is 0 Å². The number of hydrogen-bond acceptors (Lipinski definition) is 6. The van der Waals surface area contributed by atoms with Crippen molar-refractivity contribution in [3.8, 4) is 6.07 Å². The van der Waals surface area contributed by atoms with E-state index in [4.69, 9.17) is 5.26 Å². The summed E-state index contributed by atoms with van der Waals surface area (Å²) in [4.78, 5) is 23.2. The predicted molar refractivity (Wildman–Crippen MR) is 72.3 cm³/mol. The van der Waals surface area contributed by atoms with Crippen LogP contribution in [0, 0.1) is 21.4 Å². The molecule has 7 heteroatoms. The number of hydrogen-bond donors (Lipinski definition) is 0. The number of nitriles is 1. The fourth-order valence-corrected chi connectivity index (χ4v) is 1.73. The number of methoxy groups -OCH3 is 1. The smallest absolute Gasteiger partial charge is 0.325 e. The summed E-state index contributed by atoms with van der Waals surface area (Å²) < 4.78 is 4.62. The van der Waals surface area contributed by atoms with Gasteiger partial charge in [-0.05, 0) is 19.9 Å². The molecular weight excluding hydrogens is 262 g/mol. The molecule has 0 fully saturated rings. The summed E-state index contributed by atoms with van der Waals surface area (Å²) in [6.07, 6.45) is 0. The summed E-state index contributed by atoms with van der Waals surface area (Å²) in [6, 6.07) is 5.83. The Balaban J connectivity index is 3.23. The van der Waals surface area contributed by atoms with Gasteiger partial charge in [-0.3, -0.25) is 14.9 Å². The predicted octanol–water partition coefficient (Wildman–Crippen LogP) is 1.85. The number of anilines is 1. The number of non-ortho nitro benzene ring substituents is 1. The van der Waals surface area contributed by atoms with Crippen molar-refractivity contribution in [2.75, 3.05) is 18.6 Å². The summed E-state index contributed by atoms with van der Waals surface area (Å²) in [5.41, 5.74) is 0.461. The monoisotopic (exact) mass is 277 g/mol. The quantitative estimate of drug-likeness (QED) is 0.463. The van der Waals surface area contributed by atoms with E-state index in [-0.39, 0.29) is 23.8 Å². The summed E-state index contributed by atoms with van der Waals surface area (Å²) in [7, 11) is 1.28. The van der Waals surface area contributed by atoms with E-state index in [1.165, 1.54) is 25.3 Å². The minimum atomic E-state index is -0.565. The highest BCUT2D eigenvalue weighted by Crippen LogP contribution is 2.26. The Bertz CT molecular complexity index is 563. The molecule has 0 spiro atoms. The van der Waals surface area contributed by atoms with Crippen molar-refractivity contribution in [3.63, 3.8) is 0 Å². The second-order valence-corrected chi connectivity index (χ2v) is 4.37. The molecule has 0 bridgehead atoms.